The largest absolute Gasteiger partial charge is 0.492 e. The van der Waals surface area contributed by atoms with Gasteiger partial charge in [0, 0.05) is 18.6 Å². The van der Waals surface area contributed by atoms with E-state index < -0.39 is 0 Å². The molecule has 1 aliphatic rings. The summed E-state index contributed by atoms with van der Waals surface area (Å²) in [6.07, 6.45) is 2.41. The lowest BCUT2D eigenvalue weighted by molar-refractivity contribution is -0.118. The number of carbonyl (C=O) groups excluding carboxylic acids is 2. The van der Waals surface area contributed by atoms with E-state index in [2.05, 4.69) is 33.4 Å². The minimum atomic E-state index is -0.350. The van der Waals surface area contributed by atoms with E-state index >= 15 is 0 Å². The molecule has 1 saturated heterocycles. The van der Waals surface area contributed by atoms with Crippen molar-refractivity contribution in [1.29, 1.82) is 0 Å². The normalized spacial score (nSPS) is 16.1. The Hall–Kier alpha value is -3.06. The highest BCUT2D eigenvalue weighted by molar-refractivity contribution is 8.15. The SMILES string of the molecule is CN(CCOc1ccc(CC2SC(=O)NC2=O)cc1)c1cc2ccccc2cn1. The van der Waals surface area contributed by atoms with E-state index in [0.29, 0.717) is 19.6 Å². The number of amides is 2. The lowest BCUT2D eigenvalue weighted by Crippen LogP contribution is -2.25. The van der Waals surface area contributed by atoms with Crippen LogP contribution in [0, 0.1) is 0 Å². The number of hydrogen-bond donors (Lipinski definition) is 1. The summed E-state index contributed by atoms with van der Waals surface area (Å²) in [6, 6.07) is 17.9. The van der Waals surface area contributed by atoms with Crippen molar-refractivity contribution in [3.8, 4) is 5.75 Å². The van der Waals surface area contributed by atoms with Crippen molar-refractivity contribution >= 4 is 39.5 Å². The van der Waals surface area contributed by atoms with Crippen LogP contribution in [-0.4, -0.2) is 41.6 Å². The Bertz CT molecular complexity index is 1040. The van der Waals surface area contributed by atoms with E-state index in [1.807, 2.05) is 49.6 Å². The number of carbonyl (C=O) groups is 2. The quantitative estimate of drug-likeness (QED) is 0.645. The number of likely N-dealkylation sites (N-methyl/N-ethyl adjacent to an activating group) is 1. The van der Waals surface area contributed by atoms with Crippen molar-refractivity contribution in [2.45, 2.75) is 11.7 Å². The molecule has 0 saturated carbocycles. The summed E-state index contributed by atoms with van der Waals surface area (Å²) < 4.78 is 5.84. The van der Waals surface area contributed by atoms with Crippen LogP contribution in [0.1, 0.15) is 5.56 Å². The molecule has 148 valence electrons. The molecule has 1 aromatic heterocycles. The van der Waals surface area contributed by atoms with E-state index in [1.165, 1.54) is 0 Å². The van der Waals surface area contributed by atoms with Gasteiger partial charge >= 0.3 is 0 Å². The van der Waals surface area contributed by atoms with Crippen LogP contribution in [0.4, 0.5) is 10.6 Å². The average Bonchev–Trinajstić information content (AvgIpc) is 3.05. The van der Waals surface area contributed by atoms with E-state index in [0.717, 1.165) is 39.7 Å². The molecule has 0 bridgehead atoms. The Morgan fingerprint density at radius 2 is 1.86 bits per heavy atom. The highest BCUT2D eigenvalue weighted by atomic mass is 32.2. The van der Waals surface area contributed by atoms with Crippen molar-refractivity contribution in [2.24, 2.45) is 0 Å². The molecule has 3 aromatic rings. The van der Waals surface area contributed by atoms with Gasteiger partial charge in [0.05, 0.1) is 11.8 Å². The molecule has 1 atom stereocenters. The molecule has 0 aliphatic carbocycles. The third-order valence-corrected chi connectivity index (χ3v) is 5.80. The number of anilines is 1. The Labute approximate surface area is 173 Å². The summed E-state index contributed by atoms with van der Waals surface area (Å²) in [4.78, 5) is 29.5. The minimum Gasteiger partial charge on any atom is -0.492 e. The standard InChI is InChI=1S/C22H21N3O3S/c1-25(20-13-16-4-2-3-5-17(16)14-23-20)10-11-28-18-8-6-15(7-9-18)12-19-21(26)24-22(27)29-19/h2-9,13-14,19H,10-12H2,1H3,(H,24,26,27). The number of thioether (sulfide) groups is 1. The Morgan fingerprint density at radius 3 is 2.59 bits per heavy atom. The predicted octanol–water partition coefficient (Wildman–Crippen LogP) is 3.64. The molecule has 0 radical (unpaired) electrons. The number of ether oxygens (including phenoxy) is 1. The smallest absolute Gasteiger partial charge is 0.286 e. The number of rotatable bonds is 7. The van der Waals surface area contributed by atoms with Crippen LogP contribution >= 0.6 is 11.8 Å². The van der Waals surface area contributed by atoms with Gasteiger partial charge in [-0.2, -0.15) is 0 Å². The molecule has 29 heavy (non-hydrogen) atoms. The molecule has 0 spiro atoms. The van der Waals surface area contributed by atoms with E-state index in [9.17, 15) is 9.59 Å². The Kier molecular flexibility index (Phi) is 5.67. The molecule has 4 rings (SSSR count). The van der Waals surface area contributed by atoms with Crippen molar-refractivity contribution in [3.63, 3.8) is 0 Å². The first-order valence-electron chi connectivity index (χ1n) is 9.37. The summed E-state index contributed by atoms with van der Waals surface area (Å²) in [5.41, 5.74) is 0.997. The third-order valence-electron chi connectivity index (χ3n) is 4.81. The van der Waals surface area contributed by atoms with Crippen LogP contribution in [-0.2, 0) is 11.2 Å². The van der Waals surface area contributed by atoms with Crippen LogP contribution in [0.5, 0.6) is 5.75 Å². The number of pyridine rings is 1. The maximum Gasteiger partial charge on any atom is 0.286 e. The molecule has 1 N–H and O–H groups in total. The number of aromatic nitrogens is 1. The molecule has 1 fully saturated rings. The van der Waals surface area contributed by atoms with Gasteiger partial charge in [0.15, 0.2) is 0 Å². The highest BCUT2D eigenvalue weighted by Gasteiger charge is 2.31. The summed E-state index contributed by atoms with van der Waals surface area (Å²) in [5.74, 6) is 1.46. The number of nitrogens with one attached hydrogen (secondary N) is 1. The molecule has 2 heterocycles. The first-order valence-corrected chi connectivity index (χ1v) is 10.3. The fraction of sp³-hybridized carbons (Fsp3) is 0.227. The second-order valence-electron chi connectivity index (χ2n) is 6.89. The minimum absolute atomic E-state index is 0.217. The molecule has 1 aliphatic heterocycles. The summed E-state index contributed by atoms with van der Waals surface area (Å²) in [5, 5.41) is 3.98. The van der Waals surface area contributed by atoms with Gasteiger partial charge < -0.3 is 9.64 Å². The lowest BCUT2D eigenvalue weighted by Gasteiger charge is -2.19. The van der Waals surface area contributed by atoms with Gasteiger partial charge in [-0.3, -0.25) is 14.9 Å². The fourth-order valence-electron chi connectivity index (χ4n) is 3.16. The highest BCUT2D eigenvalue weighted by Crippen LogP contribution is 2.24. The van der Waals surface area contributed by atoms with E-state index in [1.54, 1.807) is 0 Å². The van der Waals surface area contributed by atoms with Gasteiger partial charge in [0.1, 0.15) is 18.2 Å². The van der Waals surface area contributed by atoms with Crippen molar-refractivity contribution < 1.29 is 14.3 Å². The second-order valence-corrected chi connectivity index (χ2v) is 8.07. The van der Waals surface area contributed by atoms with Gasteiger partial charge in [-0.25, -0.2) is 4.98 Å². The maximum atomic E-state index is 11.7. The number of imide groups is 1. The molecular formula is C22H21N3O3S. The Balaban J connectivity index is 1.28. The lowest BCUT2D eigenvalue weighted by atomic mass is 10.1. The van der Waals surface area contributed by atoms with Crippen molar-refractivity contribution in [2.75, 3.05) is 25.1 Å². The van der Waals surface area contributed by atoms with Gasteiger partial charge in [-0.05, 0) is 35.6 Å². The number of fused-ring (bicyclic) bond motifs is 1. The summed E-state index contributed by atoms with van der Waals surface area (Å²) in [7, 11) is 2.00. The fourth-order valence-corrected chi connectivity index (χ4v) is 4.02. The topological polar surface area (TPSA) is 71.5 Å². The zero-order valence-electron chi connectivity index (χ0n) is 16.0. The van der Waals surface area contributed by atoms with Crippen LogP contribution < -0.4 is 15.0 Å². The van der Waals surface area contributed by atoms with Crippen LogP contribution in [0.15, 0.2) is 60.8 Å². The maximum absolute atomic E-state index is 11.7. The number of benzene rings is 2. The van der Waals surface area contributed by atoms with Crippen molar-refractivity contribution in [3.05, 3.63) is 66.4 Å². The molecule has 7 heteroatoms. The molecular weight excluding hydrogens is 386 g/mol. The number of nitrogens with zero attached hydrogens (tertiary/aromatic N) is 2. The number of hydrogen-bond acceptors (Lipinski definition) is 6. The van der Waals surface area contributed by atoms with Gasteiger partial charge in [-0.15, -0.1) is 0 Å². The van der Waals surface area contributed by atoms with Crippen LogP contribution in [0.25, 0.3) is 10.8 Å². The first-order chi connectivity index (χ1) is 14.1. The van der Waals surface area contributed by atoms with Gasteiger partial charge in [-0.1, -0.05) is 48.2 Å². The Morgan fingerprint density at radius 1 is 1.10 bits per heavy atom. The summed E-state index contributed by atoms with van der Waals surface area (Å²) in [6.45, 7) is 1.23. The van der Waals surface area contributed by atoms with Gasteiger partial charge in [0.25, 0.3) is 5.24 Å². The van der Waals surface area contributed by atoms with Gasteiger partial charge in [0.2, 0.25) is 5.91 Å². The monoisotopic (exact) mass is 407 g/mol. The predicted molar refractivity (Wildman–Crippen MR) is 116 cm³/mol. The summed E-state index contributed by atoms with van der Waals surface area (Å²) >= 11 is 1.05. The van der Waals surface area contributed by atoms with Crippen LogP contribution in [0.3, 0.4) is 0 Å². The third kappa shape index (κ3) is 4.68. The van der Waals surface area contributed by atoms with Crippen molar-refractivity contribution in [1.82, 2.24) is 10.3 Å². The second kappa shape index (κ2) is 8.53. The average molecular weight is 407 g/mol. The molecule has 2 amide bonds. The first kappa shape index (κ1) is 19.3. The molecule has 1 unspecified atom stereocenters. The van der Waals surface area contributed by atoms with Crippen LogP contribution in [0.2, 0.25) is 0 Å². The molecule has 6 nitrogen and oxygen atoms in total. The van der Waals surface area contributed by atoms with E-state index in [-0.39, 0.29) is 16.4 Å². The van der Waals surface area contributed by atoms with E-state index in [4.69, 9.17) is 4.74 Å². The molecule has 2 aromatic carbocycles. The zero-order valence-corrected chi connectivity index (χ0v) is 16.8. The zero-order chi connectivity index (χ0) is 20.2.